The number of hydrogen-bond donors (Lipinski definition) is 1. The lowest BCUT2D eigenvalue weighted by molar-refractivity contribution is 0.263. The maximum atomic E-state index is 12.4. The van der Waals surface area contributed by atoms with Crippen LogP contribution < -0.4 is 5.73 Å². The van der Waals surface area contributed by atoms with Gasteiger partial charge in [-0.25, -0.2) is 12.7 Å². The molecule has 0 amide bonds. The van der Waals surface area contributed by atoms with E-state index in [0.29, 0.717) is 22.6 Å². The number of halogens is 1. The minimum absolute atomic E-state index is 0.179. The van der Waals surface area contributed by atoms with Gasteiger partial charge in [0.05, 0.1) is 5.69 Å². The van der Waals surface area contributed by atoms with Crippen molar-refractivity contribution in [1.29, 1.82) is 0 Å². The summed E-state index contributed by atoms with van der Waals surface area (Å²) in [5.41, 5.74) is 6.05. The van der Waals surface area contributed by atoms with Gasteiger partial charge in [-0.3, -0.25) is 0 Å². The number of hydrogen-bond acceptors (Lipinski definition) is 3. The molecule has 0 aromatic heterocycles. The summed E-state index contributed by atoms with van der Waals surface area (Å²) >= 11 is 3.28. The van der Waals surface area contributed by atoms with E-state index >= 15 is 0 Å². The highest BCUT2D eigenvalue weighted by Gasteiger charge is 2.28. The number of sulfonamides is 1. The van der Waals surface area contributed by atoms with Gasteiger partial charge in [-0.15, -0.1) is 0 Å². The van der Waals surface area contributed by atoms with Crippen molar-refractivity contribution in [2.75, 3.05) is 19.3 Å². The molecule has 1 aliphatic rings. The molecule has 1 aromatic rings. The molecule has 1 saturated carbocycles. The van der Waals surface area contributed by atoms with Gasteiger partial charge in [0.2, 0.25) is 10.0 Å². The summed E-state index contributed by atoms with van der Waals surface area (Å²) < 4.78 is 26.9. The molecule has 0 aliphatic heterocycles. The van der Waals surface area contributed by atoms with Crippen LogP contribution in [-0.2, 0) is 10.0 Å². The fourth-order valence-electron chi connectivity index (χ4n) is 2.04. The highest BCUT2D eigenvalue weighted by Crippen LogP contribution is 2.30. The van der Waals surface area contributed by atoms with Crippen molar-refractivity contribution in [3.05, 3.63) is 22.7 Å². The molecule has 2 N–H and O–H groups in total. The van der Waals surface area contributed by atoms with Crippen LogP contribution in [0.4, 0.5) is 5.69 Å². The summed E-state index contributed by atoms with van der Waals surface area (Å²) in [5.74, 6) is 0.498. The monoisotopic (exact) mass is 332 g/mol. The largest absolute Gasteiger partial charge is 0.398 e. The second-order valence-corrected chi connectivity index (χ2v) is 7.69. The van der Waals surface area contributed by atoms with Gasteiger partial charge in [-0.05, 0) is 37.0 Å². The fourth-order valence-corrected chi connectivity index (χ4v) is 3.93. The van der Waals surface area contributed by atoms with E-state index < -0.39 is 10.0 Å². The number of nitrogens with two attached hydrogens (primary N) is 1. The topological polar surface area (TPSA) is 63.4 Å². The zero-order chi connectivity index (χ0) is 13.3. The zero-order valence-corrected chi connectivity index (χ0v) is 12.7. The standard InChI is InChI=1S/C12H17BrN2O2S/c1-15(8-9-3-2-4-9)18(16,17)12-7-10(13)5-6-11(12)14/h5-7,9H,2-4,8,14H2,1H3. The Kier molecular flexibility index (Phi) is 3.99. The van der Waals surface area contributed by atoms with Crippen molar-refractivity contribution in [3.8, 4) is 0 Å². The van der Waals surface area contributed by atoms with Crippen molar-refractivity contribution < 1.29 is 8.42 Å². The lowest BCUT2D eigenvalue weighted by Crippen LogP contribution is -2.34. The fraction of sp³-hybridized carbons (Fsp3) is 0.500. The third kappa shape index (κ3) is 2.70. The van der Waals surface area contributed by atoms with Gasteiger partial charge in [0.15, 0.2) is 0 Å². The van der Waals surface area contributed by atoms with Crippen molar-refractivity contribution in [2.45, 2.75) is 24.2 Å². The second kappa shape index (κ2) is 5.19. The Hall–Kier alpha value is -0.590. The van der Waals surface area contributed by atoms with Crippen LogP contribution in [-0.4, -0.2) is 26.3 Å². The molecule has 4 nitrogen and oxygen atoms in total. The van der Waals surface area contributed by atoms with Crippen molar-refractivity contribution in [1.82, 2.24) is 4.31 Å². The molecule has 1 aliphatic carbocycles. The van der Waals surface area contributed by atoms with E-state index in [4.69, 9.17) is 5.73 Å². The summed E-state index contributed by atoms with van der Waals surface area (Å²) in [6.07, 6.45) is 3.44. The van der Waals surface area contributed by atoms with Crippen molar-refractivity contribution in [2.24, 2.45) is 5.92 Å². The molecule has 0 unspecified atom stereocenters. The molecule has 0 atom stereocenters. The quantitative estimate of drug-likeness (QED) is 0.861. The molecule has 18 heavy (non-hydrogen) atoms. The Morgan fingerprint density at radius 3 is 2.67 bits per heavy atom. The maximum absolute atomic E-state index is 12.4. The SMILES string of the molecule is CN(CC1CCC1)S(=O)(=O)c1cc(Br)ccc1N. The van der Waals surface area contributed by atoms with E-state index in [9.17, 15) is 8.42 Å². The van der Waals surface area contributed by atoms with Crippen molar-refractivity contribution >= 4 is 31.6 Å². The normalized spacial score (nSPS) is 16.8. The smallest absolute Gasteiger partial charge is 0.244 e. The first-order valence-electron chi connectivity index (χ1n) is 5.92. The average molecular weight is 333 g/mol. The van der Waals surface area contributed by atoms with Gasteiger partial charge in [0.25, 0.3) is 0 Å². The number of anilines is 1. The van der Waals surface area contributed by atoms with Gasteiger partial charge in [0.1, 0.15) is 4.90 Å². The molecule has 0 bridgehead atoms. The van der Waals surface area contributed by atoms with E-state index in [1.807, 2.05) is 0 Å². The molecule has 0 radical (unpaired) electrons. The van der Waals surface area contributed by atoms with Crippen LogP contribution in [0.15, 0.2) is 27.6 Å². The Bertz CT molecular complexity index is 541. The summed E-state index contributed by atoms with van der Waals surface area (Å²) in [6.45, 7) is 0.578. The van der Waals surface area contributed by atoms with Gasteiger partial charge in [0, 0.05) is 18.1 Å². The number of nitrogens with zero attached hydrogens (tertiary/aromatic N) is 1. The Labute approximate surface area is 116 Å². The molecule has 0 spiro atoms. The predicted octanol–water partition coefficient (Wildman–Crippen LogP) is 2.45. The summed E-state index contributed by atoms with van der Waals surface area (Å²) in [7, 11) is -1.87. The van der Waals surface area contributed by atoms with E-state index in [0.717, 1.165) is 12.8 Å². The first-order valence-corrected chi connectivity index (χ1v) is 8.16. The average Bonchev–Trinajstić information content (AvgIpc) is 2.26. The Morgan fingerprint density at radius 2 is 2.11 bits per heavy atom. The highest BCUT2D eigenvalue weighted by molar-refractivity contribution is 9.10. The van der Waals surface area contributed by atoms with E-state index in [2.05, 4.69) is 15.9 Å². The van der Waals surface area contributed by atoms with E-state index in [-0.39, 0.29) is 4.90 Å². The van der Waals surface area contributed by atoms with Crippen LogP contribution in [0.2, 0.25) is 0 Å². The number of nitrogen functional groups attached to an aromatic ring is 1. The third-order valence-electron chi connectivity index (χ3n) is 3.40. The second-order valence-electron chi connectivity index (χ2n) is 4.76. The van der Waals surface area contributed by atoms with Gasteiger partial charge < -0.3 is 5.73 Å². The molecule has 1 fully saturated rings. The number of benzene rings is 1. The number of rotatable bonds is 4. The molecule has 0 saturated heterocycles. The lowest BCUT2D eigenvalue weighted by atomic mass is 9.86. The minimum atomic E-state index is -3.49. The van der Waals surface area contributed by atoms with Crippen LogP contribution in [0.25, 0.3) is 0 Å². The first-order chi connectivity index (χ1) is 8.41. The van der Waals surface area contributed by atoms with Crippen LogP contribution in [0.1, 0.15) is 19.3 Å². The summed E-state index contributed by atoms with van der Waals surface area (Å²) in [6, 6.07) is 4.90. The van der Waals surface area contributed by atoms with Gasteiger partial charge in [-0.2, -0.15) is 0 Å². The molecule has 2 rings (SSSR count). The maximum Gasteiger partial charge on any atom is 0.244 e. The predicted molar refractivity (Wildman–Crippen MR) is 75.7 cm³/mol. The zero-order valence-electron chi connectivity index (χ0n) is 10.3. The molecular formula is C12H17BrN2O2S. The van der Waals surface area contributed by atoms with E-state index in [1.165, 1.54) is 10.7 Å². The molecule has 6 heteroatoms. The Balaban J connectivity index is 2.25. The first kappa shape index (κ1) is 13.8. The van der Waals surface area contributed by atoms with Crippen LogP contribution in [0.3, 0.4) is 0 Å². The van der Waals surface area contributed by atoms with Crippen LogP contribution in [0.5, 0.6) is 0 Å². The lowest BCUT2D eigenvalue weighted by Gasteiger charge is -2.29. The van der Waals surface area contributed by atoms with Crippen LogP contribution >= 0.6 is 15.9 Å². The molecular weight excluding hydrogens is 316 g/mol. The van der Waals surface area contributed by atoms with E-state index in [1.54, 1.807) is 25.2 Å². The summed E-state index contributed by atoms with van der Waals surface area (Å²) in [4.78, 5) is 0.179. The molecule has 100 valence electrons. The Morgan fingerprint density at radius 1 is 1.44 bits per heavy atom. The highest BCUT2D eigenvalue weighted by atomic mass is 79.9. The molecule has 1 aromatic carbocycles. The van der Waals surface area contributed by atoms with Gasteiger partial charge >= 0.3 is 0 Å². The van der Waals surface area contributed by atoms with Gasteiger partial charge in [-0.1, -0.05) is 22.4 Å². The summed E-state index contributed by atoms with van der Waals surface area (Å²) in [5, 5.41) is 0. The third-order valence-corrected chi connectivity index (χ3v) is 5.78. The minimum Gasteiger partial charge on any atom is -0.398 e. The van der Waals surface area contributed by atoms with Crippen molar-refractivity contribution in [3.63, 3.8) is 0 Å². The van der Waals surface area contributed by atoms with Crippen LogP contribution in [0, 0.1) is 5.92 Å². The molecule has 0 heterocycles.